The summed E-state index contributed by atoms with van der Waals surface area (Å²) >= 11 is 0. The minimum absolute atomic E-state index is 0.0935. The summed E-state index contributed by atoms with van der Waals surface area (Å²) in [5.74, 6) is 2.56. The Labute approximate surface area is 191 Å². The first-order valence-corrected chi connectivity index (χ1v) is 13.5. The molecule has 0 radical (unpaired) electrons. The molecule has 9 atom stereocenters. The van der Waals surface area contributed by atoms with Crippen molar-refractivity contribution in [2.75, 3.05) is 0 Å². The Morgan fingerprint density at radius 3 is 1.74 bits per heavy atom. The molecule has 5 aliphatic carbocycles. The fourth-order valence-electron chi connectivity index (χ4n) is 11.7. The molecular weight excluding hydrogens is 380 g/mol. The molecule has 0 amide bonds. The van der Waals surface area contributed by atoms with Crippen LogP contribution in [0.3, 0.4) is 0 Å². The molecule has 176 valence electrons. The van der Waals surface area contributed by atoms with E-state index in [9.17, 15) is 9.90 Å². The lowest BCUT2D eigenvalue weighted by Gasteiger charge is -2.74. The molecular formula is C29H48O2. The van der Waals surface area contributed by atoms with E-state index in [1.807, 2.05) is 6.92 Å². The van der Waals surface area contributed by atoms with Gasteiger partial charge in [0, 0.05) is 12.3 Å². The van der Waals surface area contributed by atoms with Crippen LogP contribution in [0.15, 0.2) is 0 Å². The van der Waals surface area contributed by atoms with Crippen LogP contribution in [0.2, 0.25) is 0 Å². The monoisotopic (exact) mass is 428 g/mol. The number of ketones is 1. The molecule has 31 heavy (non-hydrogen) atoms. The van der Waals surface area contributed by atoms with E-state index in [-0.39, 0.29) is 17.1 Å². The minimum Gasteiger partial charge on any atom is -0.382 e. The Morgan fingerprint density at radius 1 is 0.645 bits per heavy atom. The summed E-state index contributed by atoms with van der Waals surface area (Å²) in [6, 6.07) is 0. The van der Waals surface area contributed by atoms with Crippen LogP contribution in [0.1, 0.15) is 119 Å². The zero-order valence-corrected chi connectivity index (χ0v) is 21.4. The molecule has 0 aliphatic heterocycles. The second-order valence-electron chi connectivity index (χ2n) is 14.6. The van der Waals surface area contributed by atoms with Crippen molar-refractivity contribution < 1.29 is 9.90 Å². The fraction of sp³-hybridized carbons (Fsp3) is 0.966. The first kappa shape index (κ1) is 22.4. The molecule has 5 saturated carbocycles. The van der Waals surface area contributed by atoms with Gasteiger partial charge in [-0.2, -0.15) is 0 Å². The first-order chi connectivity index (χ1) is 14.2. The average Bonchev–Trinajstić information content (AvgIpc) is 2.65. The molecule has 0 heterocycles. The van der Waals surface area contributed by atoms with Gasteiger partial charge in [0.2, 0.25) is 0 Å². The molecule has 0 saturated heterocycles. The Hall–Kier alpha value is -0.370. The molecule has 5 fully saturated rings. The highest BCUT2D eigenvalue weighted by Gasteiger charge is 2.71. The average molecular weight is 429 g/mol. The van der Waals surface area contributed by atoms with Crippen molar-refractivity contribution in [3.05, 3.63) is 0 Å². The predicted octanol–water partition coefficient (Wildman–Crippen LogP) is 7.18. The summed E-state index contributed by atoms with van der Waals surface area (Å²) in [5, 5.41) is 11.3. The van der Waals surface area contributed by atoms with Crippen molar-refractivity contribution in [2.45, 2.75) is 125 Å². The van der Waals surface area contributed by atoms with Crippen LogP contribution >= 0.6 is 0 Å². The first-order valence-electron chi connectivity index (χ1n) is 13.5. The molecule has 0 unspecified atom stereocenters. The number of carbonyl (C=O) groups is 1. The van der Waals surface area contributed by atoms with Gasteiger partial charge in [0.15, 0.2) is 5.78 Å². The lowest BCUT2D eigenvalue weighted by molar-refractivity contribution is -0.259. The molecule has 1 N–H and O–H groups in total. The second-order valence-corrected chi connectivity index (χ2v) is 14.6. The number of rotatable bonds is 0. The van der Waals surface area contributed by atoms with Crippen LogP contribution in [0.25, 0.3) is 0 Å². The van der Waals surface area contributed by atoms with E-state index in [0.29, 0.717) is 34.0 Å². The zero-order chi connectivity index (χ0) is 22.7. The zero-order valence-electron chi connectivity index (χ0n) is 21.4. The molecule has 2 nitrogen and oxygen atoms in total. The third-order valence-electron chi connectivity index (χ3n) is 13.3. The van der Waals surface area contributed by atoms with E-state index < -0.39 is 5.60 Å². The van der Waals surface area contributed by atoms with Gasteiger partial charge in [-0.25, -0.2) is 0 Å². The van der Waals surface area contributed by atoms with Gasteiger partial charge in [-0.1, -0.05) is 48.0 Å². The van der Waals surface area contributed by atoms with E-state index in [1.54, 1.807) is 0 Å². The van der Waals surface area contributed by atoms with Gasteiger partial charge < -0.3 is 5.11 Å². The summed E-state index contributed by atoms with van der Waals surface area (Å²) < 4.78 is 0. The van der Waals surface area contributed by atoms with Crippen molar-refractivity contribution >= 4 is 5.78 Å². The third-order valence-corrected chi connectivity index (χ3v) is 13.3. The van der Waals surface area contributed by atoms with Crippen LogP contribution in [0.5, 0.6) is 0 Å². The van der Waals surface area contributed by atoms with Crippen molar-refractivity contribution in [2.24, 2.45) is 50.7 Å². The van der Waals surface area contributed by atoms with Gasteiger partial charge in [-0.15, -0.1) is 0 Å². The molecule has 5 aliphatic rings. The van der Waals surface area contributed by atoms with Gasteiger partial charge in [-0.3, -0.25) is 4.79 Å². The number of fused-ring (bicyclic) bond motifs is 7. The Bertz CT molecular complexity index is 782. The van der Waals surface area contributed by atoms with Gasteiger partial charge in [-0.05, 0) is 110 Å². The Morgan fingerprint density at radius 2 is 1.16 bits per heavy atom. The summed E-state index contributed by atoms with van der Waals surface area (Å²) in [5.41, 5.74) is 0.654. The molecule has 0 aromatic rings. The highest BCUT2D eigenvalue weighted by molar-refractivity contribution is 5.88. The highest BCUT2D eigenvalue weighted by Crippen LogP contribution is 2.77. The summed E-state index contributed by atoms with van der Waals surface area (Å²) in [6.45, 7) is 17.4. The van der Waals surface area contributed by atoms with Crippen LogP contribution in [0, 0.1) is 50.7 Å². The van der Waals surface area contributed by atoms with Crippen LogP contribution in [0.4, 0.5) is 0 Å². The topological polar surface area (TPSA) is 37.3 Å². The van der Waals surface area contributed by atoms with Gasteiger partial charge in [0.1, 0.15) is 5.60 Å². The minimum atomic E-state index is -1.12. The van der Waals surface area contributed by atoms with E-state index in [4.69, 9.17) is 0 Å². The van der Waals surface area contributed by atoms with Crippen molar-refractivity contribution in [3.63, 3.8) is 0 Å². The van der Waals surface area contributed by atoms with Crippen molar-refractivity contribution in [3.8, 4) is 0 Å². The van der Waals surface area contributed by atoms with Crippen molar-refractivity contribution in [1.82, 2.24) is 0 Å². The molecule has 0 aromatic heterocycles. The lowest BCUT2D eigenvalue weighted by atomic mass is 9.31. The fourth-order valence-corrected chi connectivity index (χ4v) is 11.7. The molecule has 0 bridgehead atoms. The number of hydrogen-bond acceptors (Lipinski definition) is 2. The van der Waals surface area contributed by atoms with Gasteiger partial charge >= 0.3 is 0 Å². The summed E-state index contributed by atoms with van der Waals surface area (Å²) in [7, 11) is 0. The molecule has 0 aromatic carbocycles. The quantitative estimate of drug-likeness (QED) is 0.443. The maximum Gasteiger partial charge on any atom is 0.164 e. The van der Waals surface area contributed by atoms with Crippen molar-refractivity contribution in [1.29, 1.82) is 0 Å². The molecule has 5 rings (SSSR count). The third kappa shape index (κ3) is 2.58. The standard InChI is InChI=1S/C29H48O2/c1-24(2)14-8-15-25(3)19(24)11-17-27(5)20(25)9-10-21-26(4)16-13-23(30)29(7,31)22(26)12-18-28(21,27)6/h19-22,31H,8-18H2,1-7H3/t19-,20+,21-,22-,25-,26+,27+,28+,29-/m0/s1. The maximum atomic E-state index is 12.7. The van der Waals surface area contributed by atoms with Gasteiger partial charge in [0.05, 0.1) is 0 Å². The normalized spacial score (nSPS) is 58.5. The summed E-state index contributed by atoms with van der Waals surface area (Å²) in [6.07, 6.45) is 13.4. The highest BCUT2D eigenvalue weighted by atomic mass is 16.3. The number of aliphatic hydroxyl groups is 1. The van der Waals surface area contributed by atoms with Crippen LogP contribution < -0.4 is 0 Å². The number of carbonyl (C=O) groups excluding carboxylic acids is 1. The smallest absolute Gasteiger partial charge is 0.164 e. The largest absolute Gasteiger partial charge is 0.382 e. The number of Topliss-reactive ketones (excluding diaryl/α,β-unsaturated/α-hetero) is 1. The SMILES string of the molecule is CC1(C)CCC[C@]2(C)[C@H]3CC[C@H]4[C@@]5(C)CCC(=O)[C@@](C)(O)[C@H]5CC[C@@]4(C)[C@]3(C)CC[C@@H]12. The van der Waals surface area contributed by atoms with E-state index in [0.717, 1.165) is 24.7 Å². The van der Waals surface area contributed by atoms with E-state index in [2.05, 4.69) is 41.5 Å². The predicted molar refractivity (Wildman–Crippen MR) is 127 cm³/mol. The lowest BCUT2D eigenvalue weighted by Crippen LogP contribution is -2.69. The second kappa shape index (κ2) is 6.39. The van der Waals surface area contributed by atoms with Gasteiger partial charge in [0.25, 0.3) is 0 Å². The van der Waals surface area contributed by atoms with E-state index >= 15 is 0 Å². The molecule has 0 spiro atoms. The summed E-state index contributed by atoms with van der Waals surface area (Å²) in [4.78, 5) is 12.7. The Balaban J connectivity index is 1.55. The molecule has 2 heteroatoms. The maximum absolute atomic E-state index is 12.7. The van der Waals surface area contributed by atoms with Crippen LogP contribution in [-0.4, -0.2) is 16.5 Å². The number of hydrogen-bond donors (Lipinski definition) is 1. The van der Waals surface area contributed by atoms with Crippen LogP contribution in [-0.2, 0) is 4.79 Å². The Kier molecular flexibility index (Phi) is 4.63. The van der Waals surface area contributed by atoms with E-state index in [1.165, 1.54) is 51.4 Å².